The zero-order valence-electron chi connectivity index (χ0n) is 8.73. The molecule has 1 atom stereocenters. The Morgan fingerprint density at radius 1 is 1.56 bits per heavy atom. The molecule has 0 bridgehead atoms. The summed E-state index contributed by atoms with van der Waals surface area (Å²) in [5, 5.41) is 9.16. The van der Waals surface area contributed by atoms with E-state index in [0.29, 0.717) is 30.2 Å². The van der Waals surface area contributed by atoms with Gasteiger partial charge >= 0.3 is 5.97 Å². The van der Waals surface area contributed by atoms with Gasteiger partial charge in [0.05, 0.1) is 6.61 Å². The average molecular weight is 244 g/mol. The first-order chi connectivity index (χ1) is 7.59. The number of carboxylic acid groups (broad SMARTS) is 1. The average Bonchev–Trinajstić information content (AvgIpc) is 2.24. The van der Waals surface area contributed by atoms with Gasteiger partial charge in [0.2, 0.25) is 0 Å². The van der Waals surface area contributed by atoms with Gasteiger partial charge in [-0.3, -0.25) is 4.79 Å². The molecule has 0 aliphatic rings. The van der Waals surface area contributed by atoms with Crippen molar-refractivity contribution in [3.8, 4) is 5.75 Å². The van der Waals surface area contributed by atoms with Crippen LogP contribution in [0.15, 0.2) is 24.3 Å². The Hall–Kier alpha value is -1.26. The van der Waals surface area contributed by atoms with Crippen molar-refractivity contribution >= 4 is 17.6 Å². The topological polar surface area (TPSA) is 72.5 Å². The largest absolute Gasteiger partial charge is 0.494 e. The van der Waals surface area contributed by atoms with Crippen LogP contribution < -0.4 is 10.5 Å². The van der Waals surface area contributed by atoms with Gasteiger partial charge in [-0.25, -0.2) is 0 Å². The Bertz CT molecular complexity index is 357. The van der Waals surface area contributed by atoms with E-state index in [1.807, 2.05) is 0 Å². The van der Waals surface area contributed by atoms with Gasteiger partial charge in [-0.2, -0.15) is 0 Å². The van der Waals surface area contributed by atoms with Crippen molar-refractivity contribution in [1.82, 2.24) is 0 Å². The molecule has 0 aromatic heterocycles. The molecule has 0 saturated carbocycles. The smallest absolute Gasteiger partial charge is 0.320 e. The normalized spacial score (nSPS) is 12.1. The molecule has 88 valence electrons. The monoisotopic (exact) mass is 243 g/mol. The first-order valence-corrected chi connectivity index (χ1v) is 5.34. The van der Waals surface area contributed by atoms with Crippen molar-refractivity contribution in [2.24, 2.45) is 5.73 Å². The standard InChI is InChI=1S/C11H14ClNO3/c12-8-3-1-4-9(7-8)16-6-2-5-10(13)11(14)15/h1,3-4,7,10H,2,5-6,13H2,(H,14,15). The van der Waals surface area contributed by atoms with Gasteiger partial charge in [-0.1, -0.05) is 17.7 Å². The first kappa shape index (κ1) is 12.8. The molecule has 0 aliphatic carbocycles. The van der Waals surface area contributed by atoms with E-state index >= 15 is 0 Å². The maximum atomic E-state index is 10.4. The minimum Gasteiger partial charge on any atom is -0.494 e. The van der Waals surface area contributed by atoms with E-state index in [-0.39, 0.29) is 0 Å². The Labute approximate surface area is 99.0 Å². The van der Waals surface area contributed by atoms with Crippen LogP contribution in [-0.4, -0.2) is 23.7 Å². The van der Waals surface area contributed by atoms with Crippen molar-refractivity contribution in [3.63, 3.8) is 0 Å². The third kappa shape index (κ3) is 4.51. The van der Waals surface area contributed by atoms with Crippen molar-refractivity contribution in [1.29, 1.82) is 0 Å². The second-order valence-electron chi connectivity index (χ2n) is 3.39. The van der Waals surface area contributed by atoms with Gasteiger partial charge in [-0.15, -0.1) is 0 Å². The molecule has 5 heteroatoms. The van der Waals surface area contributed by atoms with Crippen LogP contribution in [0.4, 0.5) is 0 Å². The van der Waals surface area contributed by atoms with Crippen molar-refractivity contribution < 1.29 is 14.6 Å². The van der Waals surface area contributed by atoms with Gasteiger partial charge in [0.25, 0.3) is 0 Å². The van der Waals surface area contributed by atoms with Crippen LogP contribution in [-0.2, 0) is 4.79 Å². The van der Waals surface area contributed by atoms with Gasteiger partial charge in [0.15, 0.2) is 0 Å². The van der Waals surface area contributed by atoms with Crippen LogP contribution in [0, 0.1) is 0 Å². The number of aliphatic carboxylic acids is 1. The minimum atomic E-state index is -0.984. The van der Waals surface area contributed by atoms with Crippen LogP contribution in [0.3, 0.4) is 0 Å². The summed E-state index contributed by atoms with van der Waals surface area (Å²) in [6, 6.07) is 6.24. The fourth-order valence-corrected chi connectivity index (χ4v) is 1.35. The van der Waals surface area contributed by atoms with Crippen LogP contribution in [0.5, 0.6) is 5.75 Å². The van der Waals surface area contributed by atoms with Crippen LogP contribution in [0.1, 0.15) is 12.8 Å². The molecule has 0 amide bonds. The van der Waals surface area contributed by atoms with Gasteiger partial charge in [0, 0.05) is 5.02 Å². The van der Waals surface area contributed by atoms with Gasteiger partial charge in [0.1, 0.15) is 11.8 Å². The number of halogens is 1. The number of carboxylic acids is 1. The lowest BCUT2D eigenvalue weighted by Gasteiger charge is -2.08. The Balaban J connectivity index is 2.23. The fraction of sp³-hybridized carbons (Fsp3) is 0.364. The third-order valence-electron chi connectivity index (χ3n) is 2.04. The Kier molecular flexibility index (Phi) is 5.08. The van der Waals surface area contributed by atoms with Gasteiger partial charge < -0.3 is 15.6 Å². The molecule has 0 saturated heterocycles. The number of ether oxygens (including phenoxy) is 1. The molecule has 0 fully saturated rings. The van der Waals surface area contributed by atoms with E-state index in [4.69, 9.17) is 27.2 Å². The molecule has 16 heavy (non-hydrogen) atoms. The number of benzene rings is 1. The molecule has 4 nitrogen and oxygen atoms in total. The molecular weight excluding hydrogens is 230 g/mol. The molecule has 1 rings (SSSR count). The summed E-state index contributed by atoms with van der Waals surface area (Å²) in [6.07, 6.45) is 0.996. The second kappa shape index (κ2) is 6.35. The quantitative estimate of drug-likeness (QED) is 0.749. The van der Waals surface area contributed by atoms with E-state index in [9.17, 15) is 4.79 Å². The third-order valence-corrected chi connectivity index (χ3v) is 2.28. The van der Waals surface area contributed by atoms with E-state index in [1.165, 1.54) is 0 Å². The van der Waals surface area contributed by atoms with E-state index < -0.39 is 12.0 Å². The summed E-state index contributed by atoms with van der Waals surface area (Å²) in [7, 11) is 0. The Morgan fingerprint density at radius 2 is 2.31 bits per heavy atom. The number of carbonyl (C=O) groups is 1. The zero-order chi connectivity index (χ0) is 12.0. The predicted molar refractivity (Wildman–Crippen MR) is 61.8 cm³/mol. The van der Waals surface area contributed by atoms with Crippen molar-refractivity contribution in [2.45, 2.75) is 18.9 Å². The maximum Gasteiger partial charge on any atom is 0.320 e. The first-order valence-electron chi connectivity index (χ1n) is 4.96. The number of nitrogens with two attached hydrogens (primary N) is 1. The summed E-state index contributed by atoms with van der Waals surface area (Å²) in [4.78, 5) is 10.4. The predicted octanol–water partition coefficient (Wildman–Crippen LogP) is 1.91. The van der Waals surface area contributed by atoms with Gasteiger partial charge in [-0.05, 0) is 31.0 Å². The zero-order valence-corrected chi connectivity index (χ0v) is 9.48. The maximum absolute atomic E-state index is 10.4. The molecule has 3 N–H and O–H groups in total. The molecule has 1 unspecified atom stereocenters. The molecule has 0 radical (unpaired) electrons. The summed E-state index contributed by atoms with van der Waals surface area (Å²) < 4.78 is 5.38. The van der Waals surface area contributed by atoms with Crippen molar-refractivity contribution in [3.05, 3.63) is 29.3 Å². The van der Waals surface area contributed by atoms with Crippen LogP contribution >= 0.6 is 11.6 Å². The Morgan fingerprint density at radius 3 is 2.94 bits per heavy atom. The second-order valence-corrected chi connectivity index (χ2v) is 3.83. The highest BCUT2D eigenvalue weighted by molar-refractivity contribution is 6.30. The van der Waals surface area contributed by atoms with Crippen LogP contribution in [0.2, 0.25) is 5.02 Å². The number of hydrogen-bond acceptors (Lipinski definition) is 3. The minimum absolute atomic E-state index is 0.399. The highest BCUT2D eigenvalue weighted by Gasteiger charge is 2.10. The summed E-state index contributed by atoms with van der Waals surface area (Å²) in [5.74, 6) is -0.306. The van der Waals surface area contributed by atoms with E-state index in [2.05, 4.69) is 0 Å². The molecule has 1 aromatic rings. The fourth-order valence-electron chi connectivity index (χ4n) is 1.17. The SMILES string of the molecule is NC(CCCOc1cccc(Cl)c1)C(=O)O. The van der Waals surface area contributed by atoms with E-state index in [0.717, 1.165) is 0 Å². The van der Waals surface area contributed by atoms with E-state index in [1.54, 1.807) is 24.3 Å². The lowest BCUT2D eigenvalue weighted by Crippen LogP contribution is -2.30. The highest BCUT2D eigenvalue weighted by atomic mass is 35.5. The summed E-state index contributed by atoms with van der Waals surface area (Å²) in [5.41, 5.74) is 5.34. The number of rotatable bonds is 6. The van der Waals surface area contributed by atoms with Crippen molar-refractivity contribution in [2.75, 3.05) is 6.61 Å². The molecule has 0 aliphatic heterocycles. The molecule has 1 aromatic carbocycles. The summed E-state index contributed by atoms with van der Waals surface area (Å²) >= 11 is 5.77. The molecular formula is C11H14ClNO3. The lowest BCUT2D eigenvalue weighted by atomic mass is 10.2. The number of hydrogen-bond donors (Lipinski definition) is 2. The molecule has 0 spiro atoms. The highest BCUT2D eigenvalue weighted by Crippen LogP contribution is 2.17. The molecule has 0 heterocycles. The summed E-state index contributed by atoms with van der Waals surface area (Å²) in [6.45, 7) is 0.432. The lowest BCUT2D eigenvalue weighted by molar-refractivity contribution is -0.138. The van der Waals surface area contributed by atoms with Crippen LogP contribution in [0.25, 0.3) is 0 Å².